The van der Waals surface area contributed by atoms with Gasteiger partial charge in [-0.1, -0.05) is 12.1 Å². The topological polar surface area (TPSA) is 90.5 Å². The van der Waals surface area contributed by atoms with Crippen molar-refractivity contribution < 1.29 is 14.4 Å². The van der Waals surface area contributed by atoms with Gasteiger partial charge in [0.25, 0.3) is 5.91 Å². The summed E-state index contributed by atoms with van der Waals surface area (Å²) in [5.41, 5.74) is 2.71. The fourth-order valence-corrected chi connectivity index (χ4v) is 3.25. The van der Waals surface area contributed by atoms with E-state index < -0.39 is 6.04 Å². The van der Waals surface area contributed by atoms with Gasteiger partial charge in [0, 0.05) is 38.2 Å². The van der Waals surface area contributed by atoms with Crippen LogP contribution in [0, 0.1) is 0 Å². The van der Waals surface area contributed by atoms with Crippen molar-refractivity contribution in [3.05, 3.63) is 34.9 Å². The van der Waals surface area contributed by atoms with Crippen molar-refractivity contribution in [2.24, 2.45) is 0 Å². The van der Waals surface area contributed by atoms with Gasteiger partial charge in [-0.2, -0.15) is 0 Å². The highest BCUT2D eigenvalue weighted by atomic mass is 16.2. The Morgan fingerprint density at radius 2 is 2.08 bits per heavy atom. The Balaban J connectivity index is 1.75. The molecule has 3 rings (SSSR count). The number of nitrogens with zero attached hydrogens (tertiary/aromatic N) is 1. The first-order valence-corrected chi connectivity index (χ1v) is 8.22. The molecule has 1 unspecified atom stereocenters. The lowest BCUT2D eigenvalue weighted by Gasteiger charge is -2.29. The fourth-order valence-electron chi connectivity index (χ4n) is 3.25. The summed E-state index contributed by atoms with van der Waals surface area (Å²) in [7, 11) is 1.90. The molecule has 2 aliphatic heterocycles. The first kappa shape index (κ1) is 16.6. The quantitative estimate of drug-likeness (QED) is 0.495. The molecule has 3 amide bonds. The number of piperidine rings is 1. The Morgan fingerprint density at radius 3 is 2.83 bits per heavy atom. The first-order chi connectivity index (χ1) is 11.6. The van der Waals surface area contributed by atoms with Crippen molar-refractivity contribution in [2.75, 3.05) is 20.1 Å². The van der Waals surface area contributed by atoms with Crippen molar-refractivity contribution in [1.82, 2.24) is 20.9 Å². The van der Waals surface area contributed by atoms with E-state index in [0.29, 0.717) is 25.1 Å². The highest BCUT2D eigenvalue weighted by molar-refractivity contribution is 6.05. The van der Waals surface area contributed by atoms with Gasteiger partial charge in [0.15, 0.2) is 0 Å². The minimum Gasteiger partial charge on any atom is -0.322 e. The molecule has 1 fully saturated rings. The lowest BCUT2D eigenvalue weighted by molar-refractivity contribution is -0.136. The number of rotatable bonds is 6. The van der Waals surface area contributed by atoms with Crippen LogP contribution in [0.25, 0.3) is 0 Å². The predicted octanol–water partition coefficient (Wildman–Crippen LogP) is -0.243. The summed E-state index contributed by atoms with van der Waals surface area (Å²) in [6, 6.07) is 5.13. The van der Waals surface area contributed by atoms with Crippen molar-refractivity contribution >= 4 is 17.7 Å². The van der Waals surface area contributed by atoms with Gasteiger partial charge in [0.05, 0.1) is 0 Å². The molecular weight excluding hydrogens is 308 g/mol. The van der Waals surface area contributed by atoms with E-state index in [0.717, 1.165) is 24.2 Å². The SMILES string of the molecule is CNCCNCc1cccc2c1CN(C1CCC(=O)NC1=O)C2=O. The lowest BCUT2D eigenvalue weighted by Crippen LogP contribution is -2.52. The number of hydrogen-bond acceptors (Lipinski definition) is 5. The van der Waals surface area contributed by atoms with Gasteiger partial charge in [0.2, 0.25) is 11.8 Å². The third kappa shape index (κ3) is 3.18. The molecule has 2 heterocycles. The fraction of sp³-hybridized carbons (Fsp3) is 0.471. The molecule has 0 aromatic heterocycles. The molecule has 2 aliphatic rings. The zero-order valence-corrected chi connectivity index (χ0v) is 13.7. The number of carbonyl (C=O) groups excluding carboxylic acids is 3. The highest BCUT2D eigenvalue weighted by Crippen LogP contribution is 2.29. The maximum Gasteiger partial charge on any atom is 0.255 e. The first-order valence-electron chi connectivity index (χ1n) is 8.22. The third-order valence-corrected chi connectivity index (χ3v) is 4.55. The van der Waals surface area contributed by atoms with E-state index in [4.69, 9.17) is 0 Å². The zero-order valence-electron chi connectivity index (χ0n) is 13.7. The molecule has 1 saturated heterocycles. The molecule has 0 saturated carbocycles. The van der Waals surface area contributed by atoms with Gasteiger partial charge in [-0.3, -0.25) is 19.7 Å². The summed E-state index contributed by atoms with van der Waals surface area (Å²) < 4.78 is 0. The molecule has 7 nitrogen and oxygen atoms in total. The Morgan fingerprint density at radius 1 is 1.25 bits per heavy atom. The summed E-state index contributed by atoms with van der Waals surface area (Å²) in [6.45, 7) is 2.81. The largest absolute Gasteiger partial charge is 0.322 e. The normalized spacial score (nSPS) is 20.3. The standard InChI is InChI=1S/C17H22N4O3/c1-18-7-8-19-9-11-3-2-4-12-13(11)10-21(17(12)24)14-5-6-15(22)20-16(14)23/h2-4,14,18-19H,5-10H2,1H3,(H,20,22,23). The maximum absolute atomic E-state index is 12.7. The monoisotopic (exact) mass is 330 g/mol. The number of fused-ring (bicyclic) bond motifs is 1. The summed E-state index contributed by atoms with van der Waals surface area (Å²) in [5, 5.41) is 8.74. The van der Waals surface area contributed by atoms with E-state index in [1.54, 1.807) is 11.0 Å². The van der Waals surface area contributed by atoms with Crippen molar-refractivity contribution in [3.8, 4) is 0 Å². The van der Waals surface area contributed by atoms with Crippen molar-refractivity contribution in [1.29, 1.82) is 0 Å². The van der Waals surface area contributed by atoms with Crippen molar-refractivity contribution in [3.63, 3.8) is 0 Å². The molecule has 0 spiro atoms. The average Bonchev–Trinajstić information content (AvgIpc) is 2.89. The Bertz CT molecular complexity index is 674. The van der Waals surface area contributed by atoms with Crippen LogP contribution in [-0.4, -0.2) is 48.8 Å². The van der Waals surface area contributed by atoms with E-state index in [9.17, 15) is 14.4 Å². The van der Waals surface area contributed by atoms with E-state index in [-0.39, 0.29) is 24.1 Å². The van der Waals surface area contributed by atoms with Crippen LogP contribution in [0.15, 0.2) is 18.2 Å². The Kier molecular flexibility index (Phi) is 4.92. The molecule has 1 atom stereocenters. The smallest absolute Gasteiger partial charge is 0.255 e. The van der Waals surface area contributed by atoms with Gasteiger partial charge in [0.1, 0.15) is 6.04 Å². The van der Waals surface area contributed by atoms with E-state index in [2.05, 4.69) is 16.0 Å². The van der Waals surface area contributed by atoms with E-state index >= 15 is 0 Å². The molecule has 0 aliphatic carbocycles. The molecule has 7 heteroatoms. The summed E-state index contributed by atoms with van der Waals surface area (Å²) >= 11 is 0. The van der Waals surface area contributed by atoms with Gasteiger partial charge < -0.3 is 15.5 Å². The Hall–Kier alpha value is -2.25. The van der Waals surface area contributed by atoms with Crippen LogP contribution in [0.5, 0.6) is 0 Å². The number of imide groups is 1. The number of likely N-dealkylation sites (N-methyl/N-ethyl adjacent to an activating group) is 1. The molecule has 0 bridgehead atoms. The highest BCUT2D eigenvalue weighted by Gasteiger charge is 2.39. The second-order valence-corrected chi connectivity index (χ2v) is 6.12. The number of amides is 3. The summed E-state index contributed by atoms with van der Waals surface area (Å²) in [4.78, 5) is 37.7. The minimum atomic E-state index is -0.562. The van der Waals surface area contributed by atoms with Crippen LogP contribution in [0.3, 0.4) is 0 Å². The van der Waals surface area contributed by atoms with Crippen LogP contribution in [0.4, 0.5) is 0 Å². The zero-order chi connectivity index (χ0) is 17.1. The number of hydrogen-bond donors (Lipinski definition) is 3. The summed E-state index contributed by atoms with van der Waals surface area (Å²) in [5.74, 6) is -0.771. The molecule has 128 valence electrons. The van der Waals surface area contributed by atoms with Gasteiger partial charge in [-0.15, -0.1) is 0 Å². The second kappa shape index (κ2) is 7.11. The molecule has 0 radical (unpaired) electrons. The van der Waals surface area contributed by atoms with Crippen molar-refractivity contribution in [2.45, 2.75) is 32.0 Å². The van der Waals surface area contributed by atoms with Crippen LogP contribution >= 0.6 is 0 Å². The number of nitrogens with one attached hydrogen (secondary N) is 3. The molecule has 24 heavy (non-hydrogen) atoms. The van der Waals surface area contributed by atoms with E-state index in [1.807, 2.05) is 19.2 Å². The number of carbonyl (C=O) groups is 3. The molecule has 3 N–H and O–H groups in total. The predicted molar refractivity (Wildman–Crippen MR) is 88.1 cm³/mol. The second-order valence-electron chi connectivity index (χ2n) is 6.12. The van der Waals surface area contributed by atoms with E-state index in [1.165, 1.54) is 0 Å². The molecule has 1 aromatic carbocycles. The van der Waals surface area contributed by atoms with Gasteiger partial charge in [-0.05, 0) is 30.7 Å². The third-order valence-electron chi connectivity index (χ3n) is 4.55. The maximum atomic E-state index is 12.7. The van der Waals surface area contributed by atoms with Crippen LogP contribution in [0.2, 0.25) is 0 Å². The van der Waals surface area contributed by atoms with Gasteiger partial charge >= 0.3 is 0 Å². The molecular formula is C17H22N4O3. The van der Waals surface area contributed by atoms with Crippen LogP contribution < -0.4 is 16.0 Å². The van der Waals surface area contributed by atoms with Crippen LogP contribution in [0.1, 0.15) is 34.3 Å². The molecule has 1 aromatic rings. The summed E-state index contributed by atoms with van der Waals surface area (Å²) in [6.07, 6.45) is 0.662. The minimum absolute atomic E-state index is 0.128. The average molecular weight is 330 g/mol. The lowest BCUT2D eigenvalue weighted by atomic mass is 10.0. The van der Waals surface area contributed by atoms with Gasteiger partial charge in [-0.25, -0.2) is 0 Å². The number of benzene rings is 1. The van der Waals surface area contributed by atoms with Crippen LogP contribution in [-0.2, 0) is 22.7 Å². The Labute approximate surface area is 140 Å².